The summed E-state index contributed by atoms with van der Waals surface area (Å²) in [6.07, 6.45) is 2.87. The number of rotatable bonds is 3. The lowest BCUT2D eigenvalue weighted by molar-refractivity contribution is 0.480. The summed E-state index contributed by atoms with van der Waals surface area (Å²) in [4.78, 5) is 13.2. The molecule has 4 aromatic rings. The molecule has 7 heteroatoms. The lowest BCUT2D eigenvalue weighted by Gasteiger charge is -2.05. The van der Waals surface area contributed by atoms with Gasteiger partial charge in [0.1, 0.15) is 11.6 Å². The number of hydrogen-bond acceptors (Lipinski definition) is 5. The minimum Gasteiger partial charge on any atom is -0.507 e. The van der Waals surface area contributed by atoms with E-state index in [9.17, 15) is 9.50 Å². The van der Waals surface area contributed by atoms with Crippen LogP contribution in [0.4, 0.5) is 4.39 Å². The molecule has 0 spiro atoms. The van der Waals surface area contributed by atoms with Crippen molar-refractivity contribution in [3.05, 3.63) is 59.2 Å². The van der Waals surface area contributed by atoms with E-state index in [-0.39, 0.29) is 11.6 Å². The number of aromatic nitrogens is 5. The smallest absolute Gasteiger partial charge is 0.177 e. The molecule has 1 N–H and O–H groups in total. The number of pyridine rings is 1. The van der Waals surface area contributed by atoms with Crippen LogP contribution in [-0.2, 0) is 12.8 Å². The third-order valence-electron chi connectivity index (χ3n) is 4.16. The molecule has 0 unspecified atom stereocenters. The molecule has 0 atom stereocenters. The van der Waals surface area contributed by atoms with Gasteiger partial charge in [0.25, 0.3) is 0 Å². The summed E-state index contributed by atoms with van der Waals surface area (Å²) in [6.45, 7) is 3.82. The monoisotopic (exact) mass is 337 g/mol. The molecule has 0 saturated heterocycles. The highest BCUT2D eigenvalue weighted by Gasteiger charge is 2.11. The highest BCUT2D eigenvalue weighted by atomic mass is 19.1. The van der Waals surface area contributed by atoms with Gasteiger partial charge in [-0.05, 0) is 32.4 Å². The van der Waals surface area contributed by atoms with Crippen LogP contribution in [0.3, 0.4) is 0 Å². The molecule has 0 aliphatic heterocycles. The first-order valence-electron chi connectivity index (χ1n) is 7.97. The fourth-order valence-corrected chi connectivity index (χ4v) is 2.85. The Hall–Kier alpha value is -3.09. The summed E-state index contributed by atoms with van der Waals surface area (Å²) >= 11 is 0. The molecule has 0 radical (unpaired) electrons. The Morgan fingerprint density at radius 3 is 2.76 bits per heavy atom. The highest BCUT2D eigenvalue weighted by Crippen LogP contribution is 2.25. The largest absolute Gasteiger partial charge is 0.507 e. The van der Waals surface area contributed by atoms with Gasteiger partial charge in [0.2, 0.25) is 0 Å². The van der Waals surface area contributed by atoms with Crippen molar-refractivity contribution in [1.29, 1.82) is 0 Å². The van der Waals surface area contributed by atoms with Gasteiger partial charge in [-0.15, -0.1) is 0 Å². The summed E-state index contributed by atoms with van der Waals surface area (Å²) in [6, 6.07) is 5.76. The molecular formula is C18H16FN5O. The third kappa shape index (κ3) is 2.77. The fraction of sp³-hybridized carbons (Fsp3) is 0.222. The van der Waals surface area contributed by atoms with E-state index in [1.165, 1.54) is 18.2 Å². The number of fused-ring (bicyclic) bond motifs is 2. The van der Waals surface area contributed by atoms with E-state index in [4.69, 9.17) is 0 Å². The van der Waals surface area contributed by atoms with Crippen molar-refractivity contribution >= 4 is 16.6 Å². The number of hydrogen-bond donors (Lipinski definition) is 1. The highest BCUT2D eigenvalue weighted by molar-refractivity contribution is 5.84. The third-order valence-corrected chi connectivity index (χ3v) is 4.16. The lowest BCUT2D eigenvalue weighted by atomic mass is 10.1. The maximum absolute atomic E-state index is 13.4. The molecule has 25 heavy (non-hydrogen) atoms. The first kappa shape index (κ1) is 15.4. The van der Waals surface area contributed by atoms with Crippen molar-refractivity contribution in [1.82, 2.24) is 24.6 Å². The Balaban J connectivity index is 1.64. The van der Waals surface area contributed by atoms with E-state index < -0.39 is 0 Å². The molecule has 6 nitrogen and oxygen atoms in total. The molecule has 0 aliphatic carbocycles. The molecule has 3 heterocycles. The van der Waals surface area contributed by atoms with Gasteiger partial charge in [-0.25, -0.2) is 13.9 Å². The second-order valence-electron chi connectivity index (χ2n) is 6.04. The van der Waals surface area contributed by atoms with E-state index in [1.807, 2.05) is 13.8 Å². The van der Waals surface area contributed by atoms with Crippen LogP contribution in [0.5, 0.6) is 5.75 Å². The minimum absolute atomic E-state index is 0.0962. The first-order valence-corrected chi connectivity index (χ1v) is 7.97. The van der Waals surface area contributed by atoms with Crippen molar-refractivity contribution in [2.75, 3.05) is 0 Å². The Kier molecular flexibility index (Phi) is 3.56. The summed E-state index contributed by atoms with van der Waals surface area (Å²) in [7, 11) is 0. The average Bonchev–Trinajstić information content (AvgIpc) is 3.02. The second kappa shape index (κ2) is 5.77. The van der Waals surface area contributed by atoms with Gasteiger partial charge in [-0.2, -0.15) is 5.10 Å². The van der Waals surface area contributed by atoms with E-state index in [0.29, 0.717) is 35.3 Å². The van der Waals surface area contributed by atoms with Crippen molar-refractivity contribution in [3.8, 4) is 5.75 Å². The van der Waals surface area contributed by atoms with E-state index in [1.54, 1.807) is 16.8 Å². The molecule has 1 aromatic carbocycles. The number of benzene rings is 1. The molecular weight excluding hydrogens is 321 g/mol. The van der Waals surface area contributed by atoms with Crippen LogP contribution in [-0.4, -0.2) is 29.7 Å². The maximum atomic E-state index is 13.4. The summed E-state index contributed by atoms with van der Waals surface area (Å²) in [5.41, 5.74) is 3.58. The number of aromatic hydroxyl groups is 1. The quantitative estimate of drug-likeness (QED) is 0.622. The zero-order chi connectivity index (χ0) is 17.6. The minimum atomic E-state index is -0.378. The van der Waals surface area contributed by atoms with Crippen LogP contribution in [0.25, 0.3) is 16.6 Å². The Bertz CT molecular complexity index is 1070. The van der Waals surface area contributed by atoms with E-state index >= 15 is 0 Å². The summed E-state index contributed by atoms with van der Waals surface area (Å²) in [5.74, 6) is 0.399. The molecule has 0 fully saturated rings. The lowest BCUT2D eigenvalue weighted by Crippen LogP contribution is -1.99. The van der Waals surface area contributed by atoms with Crippen LogP contribution in [0.1, 0.15) is 22.9 Å². The van der Waals surface area contributed by atoms with Gasteiger partial charge >= 0.3 is 0 Å². The molecule has 0 saturated carbocycles. The topological polar surface area (TPSA) is 76.2 Å². The zero-order valence-electron chi connectivity index (χ0n) is 13.9. The summed E-state index contributed by atoms with van der Waals surface area (Å²) < 4.78 is 15.2. The van der Waals surface area contributed by atoms with Crippen molar-refractivity contribution < 1.29 is 9.50 Å². The molecule has 0 aliphatic rings. The zero-order valence-corrected chi connectivity index (χ0v) is 13.9. The van der Waals surface area contributed by atoms with Crippen LogP contribution in [0.2, 0.25) is 0 Å². The Morgan fingerprint density at radius 2 is 1.96 bits per heavy atom. The van der Waals surface area contributed by atoms with Gasteiger partial charge in [-0.3, -0.25) is 9.97 Å². The second-order valence-corrected chi connectivity index (χ2v) is 6.04. The van der Waals surface area contributed by atoms with Crippen LogP contribution < -0.4 is 0 Å². The van der Waals surface area contributed by atoms with Gasteiger partial charge in [0.15, 0.2) is 11.5 Å². The van der Waals surface area contributed by atoms with Gasteiger partial charge in [-0.1, -0.05) is 0 Å². The number of aryl methyl sites for hydroxylation is 4. The SMILES string of the molecule is Cc1ncc(C)n2nc(CCc3cc(O)c4ccc(F)cc4n3)nc12. The van der Waals surface area contributed by atoms with Crippen LogP contribution >= 0.6 is 0 Å². The maximum Gasteiger partial charge on any atom is 0.177 e. The molecule has 0 amide bonds. The van der Waals surface area contributed by atoms with Crippen molar-refractivity contribution in [2.45, 2.75) is 26.7 Å². The average molecular weight is 337 g/mol. The predicted molar refractivity (Wildman–Crippen MR) is 91.0 cm³/mol. The first-order chi connectivity index (χ1) is 12.0. The molecule has 0 bridgehead atoms. The van der Waals surface area contributed by atoms with Crippen molar-refractivity contribution in [3.63, 3.8) is 0 Å². The summed E-state index contributed by atoms with van der Waals surface area (Å²) in [5, 5.41) is 15.2. The van der Waals surface area contributed by atoms with Gasteiger partial charge in [0.05, 0.1) is 16.9 Å². The molecule has 3 aromatic heterocycles. The van der Waals surface area contributed by atoms with Gasteiger partial charge in [0, 0.05) is 35.8 Å². The Labute approximate surface area is 143 Å². The van der Waals surface area contributed by atoms with E-state index in [0.717, 1.165) is 17.0 Å². The predicted octanol–water partition coefficient (Wildman–Crippen LogP) is 2.92. The standard InChI is InChI=1S/C18H16FN5O/c1-10-9-20-11(2)18-22-17(23-24(10)18)6-4-13-8-16(25)14-5-3-12(19)7-15(14)21-13/h3,5,7-9H,4,6H2,1-2H3,(H,21,25). The van der Waals surface area contributed by atoms with Gasteiger partial charge < -0.3 is 5.11 Å². The molecule has 4 rings (SSSR count). The molecule has 126 valence electrons. The fourth-order valence-electron chi connectivity index (χ4n) is 2.85. The van der Waals surface area contributed by atoms with Crippen molar-refractivity contribution in [2.24, 2.45) is 0 Å². The normalized spacial score (nSPS) is 11.5. The van der Waals surface area contributed by atoms with Crippen LogP contribution in [0, 0.1) is 19.7 Å². The van der Waals surface area contributed by atoms with E-state index in [2.05, 4.69) is 20.1 Å². The number of halogens is 1. The van der Waals surface area contributed by atoms with Crippen LogP contribution in [0.15, 0.2) is 30.5 Å². The number of nitrogens with zero attached hydrogens (tertiary/aromatic N) is 5. The Morgan fingerprint density at radius 1 is 1.12 bits per heavy atom.